The molecule has 1 aromatic carbocycles. The number of hydrogen-bond acceptors (Lipinski definition) is 4. The SMILES string of the molecule is CO/N=C(/CC(=O)O)c1ccc(OC)cc1. The molecule has 0 aromatic heterocycles. The van der Waals surface area contributed by atoms with Crippen molar-refractivity contribution in [3.05, 3.63) is 29.8 Å². The van der Waals surface area contributed by atoms with Crippen LogP contribution in [0, 0.1) is 0 Å². The van der Waals surface area contributed by atoms with Crippen molar-refractivity contribution in [1.82, 2.24) is 0 Å². The molecule has 0 amide bonds. The van der Waals surface area contributed by atoms with Gasteiger partial charge in [0.15, 0.2) is 0 Å². The highest BCUT2D eigenvalue weighted by Crippen LogP contribution is 2.13. The minimum atomic E-state index is -0.952. The molecule has 0 aliphatic carbocycles. The quantitative estimate of drug-likeness (QED) is 0.607. The maximum absolute atomic E-state index is 10.6. The first kappa shape index (κ1) is 12.0. The Kier molecular flexibility index (Phi) is 4.32. The van der Waals surface area contributed by atoms with E-state index in [1.54, 1.807) is 31.4 Å². The second-order valence-electron chi connectivity index (χ2n) is 3.02. The minimum Gasteiger partial charge on any atom is -0.497 e. The van der Waals surface area contributed by atoms with Crippen molar-refractivity contribution in [1.29, 1.82) is 0 Å². The lowest BCUT2D eigenvalue weighted by molar-refractivity contribution is -0.135. The average molecular weight is 223 g/mol. The fraction of sp³-hybridized carbons (Fsp3) is 0.273. The van der Waals surface area contributed by atoms with Gasteiger partial charge in [-0.2, -0.15) is 0 Å². The maximum atomic E-state index is 10.6. The number of nitrogens with zero attached hydrogens (tertiary/aromatic N) is 1. The van der Waals surface area contributed by atoms with E-state index < -0.39 is 5.97 Å². The van der Waals surface area contributed by atoms with Gasteiger partial charge in [0, 0.05) is 5.56 Å². The second kappa shape index (κ2) is 5.75. The van der Waals surface area contributed by atoms with Crippen molar-refractivity contribution < 1.29 is 19.5 Å². The van der Waals surface area contributed by atoms with Crippen LogP contribution < -0.4 is 4.74 Å². The van der Waals surface area contributed by atoms with Gasteiger partial charge in [0.2, 0.25) is 0 Å². The highest BCUT2D eigenvalue weighted by Gasteiger charge is 2.09. The lowest BCUT2D eigenvalue weighted by atomic mass is 10.1. The van der Waals surface area contributed by atoms with E-state index in [1.807, 2.05) is 0 Å². The second-order valence-corrected chi connectivity index (χ2v) is 3.02. The Hall–Kier alpha value is -2.04. The predicted octanol–water partition coefficient (Wildman–Crippen LogP) is 1.52. The number of methoxy groups -OCH3 is 1. The number of oxime groups is 1. The summed E-state index contributed by atoms with van der Waals surface area (Å²) in [5, 5.41) is 12.4. The van der Waals surface area contributed by atoms with Crippen molar-refractivity contribution in [2.45, 2.75) is 6.42 Å². The maximum Gasteiger partial charge on any atom is 0.309 e. The minimum absolute atomic E-state index is 0.180. The fourth-order valence-electron chi connectivity index (χ4n) is 1.22. The molecule has 1 rings (SSSR count). The van der Waals surface area contributed by atoms with E-state index in [0.29, 0.717) is 17.0 Å². The summed E-state index contributed by atoms with van der Waals surface area (Å²) in [6.07, 6.45) is -0.180. The van der Waals surface area contributed by atoms with Gasteiger partial charge in [-0.05, 0) is 24.3 Å². The van der Waals surface area contributed by atoms with Crippen LogP contribution in [-0.4, -0.2) is 31.0 Å². The van der Waals surface area contributed by atoms with Crippen LogP contribution in [0.3, 0.4) is 0 Å². The van der Waals surface area contributed by atoms with Crippen LogP contribution in [0.5, 0.6) is 5.75 Å². The number of benzene rings is 1. The molecule has 1 N–H and O–H groups in total. The molecule has 0 unspecified atom stereocenters. The van der Waals surface area contributed by atoms with E-state index >= 15 is 0 Å². The van der Waals surface area contributed by atoms with Crippen LogP contribution in [0.4, 0.5) is 0 Å². The van der Waals surface area contributed by atoms with Crippen LogP contribution in [0.15, 0.2) is 29.4 Å². The zero-order valence-electron chi connectivity index (χ0n) is 9.14. The van der Waals surface area contributed by atoms with E-state index in [1.165, 1.54) is 7.11 Å². The lowest BCUT2D eigenvalue weighted by Crippen LogP contribution is -2.08. The van der Waals surface area contributed by atoms with Gasteiger partial charge in [-0.3, -0.25) is 4.79 Å². The van der Waals surface area contributed by atoms with Gasteiger partial charge in [0.05, 0.1) is 19.2 Å². The van der Waals surface area contributed by atoms with Gasteiger partial charge in [-0.1, -0.05) is 5.16 Å². The molecule has 0 radical (unpaired) electrons. The smallest absolute Gasteiger partial charge is 0.309 e. The number of rotatable bonds is 5. The third-order valence-electron chi connectivity index (χ3n) is 1.94. The van der Waals surface area contributed by atoms with Crippen molar-refractivity contribution in [3.63, 3.8) is 0 Å². The summed E-state index contributed by atoms with van der Waals surface area (Å²) in [7, 11) is 2.95. The van der Waals surface area contributed by atoms with Crippen molar-refractivity contribution in [3.8, 4) is 5.75 Å². The van der Waals surface area contributed by atoms with Gasteiger partial charge in [0.1, 0.15) is 12.9 Å². The average Bonchev–Trinajstić information content (AvgIpc) is 2.28. The molecule has 0 atom stereocenters. The largest absolute Gasteiger partial charge is 0.497 e. The van der Waals surface area contributed by atoms with Gasteiger partial charge >= 0.3 is 5.97 Å². The van der Waals surface area contributed by atoms with Gasteiger partial charge in [-0.15, -0.1) is 0 Å². The predicted molar refractivity (Wildman–Crippen MR) is 58.8 cm³/mol. The van der Waals surface area contributed by atoms with E-state index in [2.05, 4.69) is 9.99 Å². The van der Waals surface area contributed by atoms with Gasteiger partial charge in [-0.25, -0.2) is 0 Å². The zero-order chi connectivity index (χ0) is 12.0. The monoisotopic (exact) mass is 223 g/mol. The summed E-state index contributed by atoms with van der Waals surface area (Å²) >= 11 is 0. The molecule has 86 valence electrons. The van der Waals surface area contributed by atoms with Crippen molar-refractivity contribution >= 4 is 11.7 Å². The molecule has 1 aromatic rings. The molecule has 0 saturated carbocycles. The number of carbonyl (C=O) groups is 1. The molecule has 0 fully saturated rings. The number of hydrogen-bond donors (Lipinski definition) is 1. The van der Waals surface area contributed by atoms with E-state index in [4.69, 9.17) is 9.84 Å². The molecule has 0 aliphatic heterocycles. The first-order chi connectivity index (χ1) is 7.67. The van der Waals surface area contributed by atoms with Crippen LogP contribution in [-0.2, 0) is 9.63 Å². The number of ether oxygens (including phenoxy) is 1. The van der Waals surface area contributed by atoms with Crippen LogP contribution in [0.25, 0.3) is 0 Å². The molecule has 0 saturated heterocycles. The molecule has 16 heavy (non-hydrogen) atoms. The Balaban J connectivity index is 2.93. The van der Waals surface area contributed by atoms with Crippen molar-refractivity contribution in [2.24, 2.45) is 5.16 Å². The van der Waals surface area contributed by atoms with E-state index in [0.717, 1.165) is 0 Å². The lowest BCUT2D eigenvalue weighted by Gasteiger charge is -2.04. The molecule has 5 heteroatoms. The highest BCUT2D eigenvalue weighted by atomic mass is 16.6. The highest BCUT2D eigenvalue weighted by molar-refractivity contribution is 6.08. The van der Waals surface area contributed by atoms with Gasteiger partial charge < -0.3 is 14.7 Å². The molecule has 0 heterocycles. The Morgan fingerprint density at radius 2 is 1.94 bits per heavy atom. The van der Waals surface area contributed by atoms with E-state index in [-0.39, 0.29) is 6.42 Å². The van der Waals surface area contributed by atoms with Crippen molar-refractivity contribution in [2.75, 3.05) is 14.2 Å². The first-order valence-electron chi connectivity index (χ1n) is 4.63. The normalized spacial score (nSPS) is 11.0. The Labute approximate surface area is 93.3 Å². The topological polar surface area (TPSA) is 68.1 Å². The Morgan fingerprint density at radius 3 is 2.38 bits per heavy atom. The number of carboxylic acids is 1. The first-order valence-corrected chi connectivity index (χ1v) is 4.63. The molecule has 0 bridgehead atoms. The Morgan fingerprint density at radius 1 is 1.31 bits per heavy atom. The van der Waals surface area contributed by atoms with Gasteiger partial charge in [0.25, 0.3) is 0 Å². The third-order valence-corrected chi connectivity index (χ3v) is 1.94. The summed E-state index contributed by atoms with van der Waals surface area (Å²) in [4.78, 5) is 15.2. The number of aliphatic carboxylic acids is 1. The summed E-state index contributed by atoms with van der Waals surface area (Å²) < 4.78 is 5.00. The van der Waals surface area contributed by atoms with Crippen LogP contribution in [0.1, 0.15) is 12.0 Å². The van der Waals surface area contributed by atoms with E-state index in [9.17, 15) is 4.79 Å². The molecule has 0 aliphatic rings. The number of carboxylic acid groups (broad SMARTS) is 1. The zero-order valence-corrected chi connectivity index (χ0v) is 9.14. The summed E-state index contributed by atoms with van der Waals surface area (Å²) in [6.45, 7) is 0. The van der Waals surface area contributed by atoms with Crippen LogP contribution in [0.2, 0.25) is 0 Å². The molecular weight excluding hydrogens is 210 g/mol. The molecule has 5 nitrogen and oxygen atoms in total. The fourth-order valence-corrected chi connectivity index (χ4v) is 1.22. The molecule has 0 spiro atoms. The third kappa shape index (κ3) is 3.27. The summed E-state index contributed by atoms with van der Waals surface area (Å²) in [5.74, 6) is -0.248. The molecular formula is C11H13NO4. The summed E-state index contributed by atoms with van der Waals surface area (Å²) in [5.41, 5.74) is 1.07. The summed E-state index contributed by atoms with van der Waals surface area (Å²) in [6, 6.07) is 6.95. The standard InChI is InChI=1S/C11H13NO4/c1-15-9-5-3-8(4-6-9)10(12-16-2)7-11(13)14/h3-6H,7H2,1-2H3,(H,13,14)/b12-10-. The Bertz CT molecular complexity index is 383. The van der Waals surface area contributed by atoms with Crippen LogP contribution >= 0.6 is 0 Å².